The second-order valence-corrected chi connectivity index (χ2v) is 6.62. The minimum Gasteiger partial charge on any atom is -0.325 e. The lowest BCUT2D eigenvalue weighted by molar-refractivity contribution is -0.384. The number of hydrogen-bond acceptors (Lipinski definition) is 3. The van der Waals surface area contributed by atoms with Crippen molar-refractivity contribution in [3.63, 3.8) is 0 Å². The normalized spacial score (nSPS) is 15.5. The topological polar surface area (TPSA) is 72.2 Å². The van der Waals surface area contributed by atoms with E-state index in [1.165, 1.54) is 12.1 Å². The third-order valence-electron chi connectivity index (χ3n) is 4.37. The highest BCUT2D eigenvalue weighted by molar-refractivity contribution is 9.10. The maximum atomic E-state index is 12.8. The zero-order valence-corrected chi connectivity index (χ0v) is 13.9. The van der Waals surface area contributed by atoms with Gasteiger partial charge in [0.1, 0.15) is 0 Å². The van der Waals surface area contributed by atoms with E-state index < -0.39 is 10.3 Å². The van der Waals surface area contributed by atoms with Crippen LogP contribution in [0.5, 0.6) is 0 Å². The average Bonchev–Trinajstić information content (AvgIpc) is 2.48. The van der Waals surface area contributed by atoms with Gasteiger partial charge in [-0.3, -0.25) is 14.9 Å². The Hall–Kier alpha value is -2.21. The van der Waals surface area contributed by atoms with E-state index in [9.17, 15) is 14.9 Å². The van der Waals surface area contributed by atoms with Crippen LogP contribution in [0.15, 0.2) is 53.0 Å². The second-order valence-electron chi connectivity index (χ2n) is 5.70. The Balaban J connectivity index is 1.80. The number of non-ortho nitro benzene ring substituents is 1. The molecule has 1 amide bonds. The summed E-state index contributed by atoms with van der Waals surface area (Å²) in [6, 6.07) is 13.7. The van der Waals surface area contributed by atoms with Crippen LogP contribution in [-0.2, 0) is 10.2 Å². The van der Waals surface area contributed by atoms with Gasteiger partial charge in [0, 0.05) is 22.3 Å². The van der Waals surface area contributed by atoms with Crippen LogP contribution in [0.25, 0.3) is 0 Å². The highest BCUT2D eigenvalue weighted by atomic mass is 79.9. The van der Waals surface area contributed by atoms with E-state index in [1.54, 1.807) is 12.1 Å². The maximum Gasteiger partial charge on any atom is 0.269 e. The van der Waals surface area contributed by atoms with Gasteiger partial charge in [-0.05, 0) is 42.7 Å². The third-order valence-corrected chi connectivity index (χ3v) is 4.90. The minimum atomic E-state index is -0.498. The molecule has 0 spiro atoms. The Bertz CT molecular complexity index is 737. The van der Waals surface area contributed by atoms with E-state index >= 15 is 0 Å². The van der Waals surface area contributed by atoms with Crippen LogP contribution in [0, 0.1) is 10.1 Å². The molecule has 0 unspecified atom stereocenters. The fourth-order valence-electron chi connectivity index (χ4n) is 2.86. The van der Waals surface area contributed by atoms with Crippen molar-refractivity contribution in [2.75, 3.05) is 5.32 Å². The summed E-state index contributed by atoms with van der Waals surface area (Å²) in [5.74, 6) is -0.0556. The summed E-state index contributed by atoms with van der Waals surface area (Å²) in [6.07, 6.45) is 2.64. The summed E-state index contributed by atoms with van der Waals surface area (Å²) in [6.45, 7) is 0. The van der Waals surface area contributed by atoms with E-state index in [1.807, 2.05) is 24.3 Å². The molecule has 0 saturated heterocycles. The van der Waals surface area contributed by atoms with Gasteiger partial charge in [0.25, 0.3) is 5.69 Å². The molecule has 0 atom stereocenters. The monoisotopic (exact) mass is 374 g/mol. The second kappa shape index (κ2) is 6.12. The zero-order valence-electron chi connectivity index (χ0n) is 12.3. The van der Waals surface area contributed by atoms with Crippen molar-refractivity contribution in [1.29, 1.82) is 0 Å². The molecule has 0 aliphatic heterocycles. The van der Waals surface area contributed by atoms with Crippen molar-refractivity contribution in [2.24, 2.45) is 0 Å². The standard InChI is InChI=1S/C17H15BrN2O3/c18-13-4-2-12(3-5-13)17(10-1-11-17)16(21)19-14-6-8-15(9-7-14)20(22)23/h2-9H,1,10-11H2,(H,19,21). The number of carbonyl (C=O) groups excluding carboxylic acids is 1. The molecular formula is C17H15BrN2O3. The van der Waals surface area contributed by atoms with Gasteiger partial charge in [-0.2, -0.15) is 0 Å². The van der Waals surface area contributed by atoms with Crippen molar-refractivity contribution < 1.29 is 9.72 Å². The number of hydrogen-bond donors (Lipinski definition) is 1. The van der Waals surface area contributed by atoms with Gasteiger partial charge in [0.15, 0.2) is 0 Å². The molecule has 2 aromatic carbocycles. The predicted octanol–water partition coefficient (Wildman–Crippen LogP) is 4.42. The molecule has 1 aliphatic rings. The largest absolute Gasteiger partial charge is 0.325 e. The molecule has 3 rings (SSSR count). The minimum absolute atomic E-state index is 0.00858. The molecule has 6 heteroatoms. The van der Waals surface area contributed by atoms with Crippen LogP contribution >= 0.6 is 15.9 Å². The van der Waals surface area contributed by atoms with Crippen LogP contribution in [0.4, 0.5) is 11.4 Å². The van der Waals surface area contributed by atoms with Gasteiger partial charge in [-0.15, -0.1) is 0 Å². The van der Waals surface area contributed by atoms with Crippen molar-refractivity contribution in [1.82, 2.24) is 0 Å². The van der Waals surface area contributed by atoms with Crippen LogP contribution in [-0.4, -0.2) is 10.8 Å². The van der Waals surface area contributed by atoms with Gasteiger partial charge in [-0.1, -0.05) is 34.5 Å². The zero-order chi connectivity index (χ0) is 16.4. The Morgan fingerprint density at radius 3 is 2.17 bits per heavy atom. The molecule has 2 aromatic rings. The average molecular weight is 375 g/mol. The highest BCUT2D eigenvalue weighted by Crippen LogP contribution is 2.44. The van der Waals surface area contributed by atoms with Gasteiger partial charge in [0.2, 0.25) is 5.91 Å². The first kappa shape index (κ1) is 15.7. The summed E-state index contributed by atoms with van der Waals surface area (Å²) < 4.78 is 0.978. The van der Waals surface area contributed by atoms with E-state index in [2.05, 4.69) is 21.2 Å². The molecule has 1 N–H and O–H groups in total. The number of nitrogens with one attached hydrogen (secondary N) is 1. The molecule has 1 fully saturated rings. The number of amides is 1. The van der Waals surface area contributed by atoms with Crippen molar-refractivity contribution in [3.8, 4) is 0 Å². The quantitative estimate of drug-likeness (QED) is 0.635. The Labute approximate surface area is 142 Å². The van der Waals surface area contributed by atoms with Crippen LogP contribution in [0.3, 0.4) is 0 Å². The number of nitro benzene ring substituents is 1. The van der Waals surface area contributed by atoms with Gasteiger partial charge >= 0.3 is 0 Å². The number of anilines is 1. The van der Waals surface area contributed by atoms with Gasteiger partial charge in [0.05, 0.1) is 10.3 Å². The smallest absolute Gasteiger partial charge is 0.269 e. The molecule has 0 aromatic heterocycles. The molecule has 23 heavy (non-hydrogen) atoms. The van der Waals surface area contributed by atoms with Crippen molar-refractivity contribution >= 4 is 33.2 Å². The predicted molar refractivity (Wildman–Crippen MR) is 91.4 cm³/mol. The maximum absolute atomic E-state index is 12.8. The number of nitrogens with zero attached hydrogens (tertiary/aromatic N) is 1. The van der Waals surface area contributed by atoms with E-state index in [4.69, 9.17) is 0 Å². The summed E-state index contributed by atoms with van der Waals surface area (Å²) in [4.78, 5) is 23.0. The fourth-order valence-corrected chi connectivity index (χ4v) is 3.13. The third kappa shape index (κ3) is 2.99. The molecule has 0 heterocycles. The van der Waals surface area contributed by atoms with Gasteiger partial charge in [-0.25, -0.2) is 0 Å². The molecule has 1 aliphatic carbocycles. The summed E-state index contributed by atoms with van der Waals surface area (Å²) in [7, 11) is 0. The summed E-state index contributed by atoms with van der Waals surface area (Å²) >= 11 is 3.41. The molecule has 5 nitrogen and oxygen atoms in total. The number of nitro groups is 1. The summed E-state index contributed by atoms with van der Waals surface area (Å²) in [5, 5.41) is 13.6. The lowest BCUT2D eigenvalue weighted by Crippen LogP contribution is -2.45. The first-order chi connectivity index (χ1) is 11.0. The first-order valence-corrected chi connectivity index (χ1v) is 8.12. The van der Waals surface area contributed by atoms with E-state index in [-0.39, 0.29) is 11.6 Å². The van der Waals surface area contributed by atoms with Crippen LogP contribution in [0.1, 0.15) is 24.8 Å². The number of benzene rings is 2. The molecule has 1 saturated carbocycles. The van der Waals surface area contributed by atoms with Gasteiger partial charge < -0.3 is 5.32 Å². The molecule has 0 bridgehead atoms. The van der Waals surface area contributed by atoms with Crippen molar-refractivity contribution in [3.05, 3.63) is 68.7 Å². The van der Waals surface area contributed by atoms with E-state index in [0.29, 0.717) is 5.69 Å². The lowest BCUT2D eigenvalue weighted by atomic mass is 9.64. The molecule has 0 radical (unpaired) electrons. The number of rotatable bonds is 4. The Kier molecular flexibility index (Phi) is 4.17. The van der Waals surface area contributed by atoms with Crippen molar-refractivity contribution in [2.45, 2.75) is 24.7 Å². The van der Waals surface area contributed by atoms with Crippen LogP contribution < -0.4 is 5.32 Å². The Morgan fingerprint density at radius 1 is 1.09 bits per heavy atom. The number of halogens is 1. The molecular weight excluding hydrogens is 360 g/mol. The highest BCUT2D eigenvalue weighted by Gasteiger charge is 2.45. The SMILES string of the molecule is O=C(Nc1ccc([N+](=O)[O-])cc1)C1(c2ccc(Br)cc2)CCC1. The Morgan fingerprint density at radius 2 is 1.70 bits per heavy atom. The van der Waals surface area contributed by atoms with Crippen LogP contribution in [0.2, 0.25) is 0 Å². The summed E-state index contributed by atoms with van der Waals surface area (Å²) in [5.41, 5.74) is 1.09. The van der Waals surface area contributed by atoms with E-state index in [0.717, 1.165) is 29.3 Å². The first-order valence-electron chi connectivity index (χ1n) is 7.33. The fraction of sp³-hybridized carbons (Fsp3) is 0.235. The lowest BCUT2D eigenvalue weighted by Gasteiger charge is -2.40. The molecule has 118 valence electrons. The number of carbonyl (C=O) groups is 1.